The Morgan fingerprint density at radius 3 is 2.35 bits per heavy atom. The molecule has 0 aliphatic rings. The van der Waals surface area contributed by atoms with Gasteiger partial charge < -0.3 is 21.5 Å². The first-order valence-electron chi connectivity index (χ1n) is 6.82. The molecule has 5 N–H and O–H groups in total. The van der Waals surface area contributed by atoms with Crippen LogP contribution in [0.5, 0.6) is 0 Å². The molecule has 0 aromatic heterocycles. The third-order valence-corrected chi connectivity index (χ3v) is 3.45. The number of aliphatic carboxylic acids is 1. The van der Waals surface area contributed by atoms with E-state index in [1.807, 2.05) is 0 Å². The minimum absolute atomic E-state index is 0.0302. The lowest BCUT2D eigenvalue weighted by Gasteiger charge is -2.27. The van der Waals surface area contributed by atoms with Gasteiger partial charge in [-0.15, -0.1) is 0 Å². The number of carboxylic acids is 1. The summed E-state index contributed by atoms with van der Waals surface area (Å²) in [6.07, 6.45) is 1.45. The van der Waals surface area contributed by atoms with Crippen LogP contribution in [-0.2, 0) is 4.79 Å². The van der Waals surface area contributed by atoms with Gasteiger partial charge in [0.15, 0.2) is 0 Å². The van der Waals surface area contributed by atoms with Crippen LogP contribution >= 0.6 is 23.2 Å². The quantitative estimate of drug-likeness (QED) is 0.559. The van der Waals surface area contributed by atoms with Crippen molar-refractivity contribution in [3.63, 3.8) is 0 Å². The van der Waals surface area contributed by atoms with Crippen molar-refractivity contribution in [2.24, 2.45) is 5.73 Å². The minimum Gasteiger partial charge on any atom is -0.481 e. The van der Waals surface area contributed by atoms with Crippen molar-refractivity contribution in [3.05, 3.63) is 45.7 Å². The van der Waals surface area contributed by atoms with Crippen molar-refractivity contribution in [3.8, 4) is 0 Å². The average molecular weight is 360 g/mol. The third kappa shape index (κ3) is 6.38. The predicted octanol–water partition coefficient (Wildman–Crippen LogP) is 2.37. The van der Waals surface area contributed by atoms with Gasteiger partial charge in [0.25, 0.3) is 5.91 Å². The number of amides is 1. The van der Waals surface area contributed by atoms with Crippen molar-refractivity contribution < 1.29 is 14.7 Å². The van der Waals surface area contributed by atoms with E-state index in [0.29, 0.717) is 21.3 Å². The molecule has 1 aromatic carbocycles. The first-order chi connectivity index (χ1) is 10.6. The second-order valence-electron chi connectivity index (χ2n) is 5.43. The minimum atomic E-state index is -0.908. The van der Waals surface area contributed by atoms with Crippen LogP contribution < -0.4 is 16.4 Å². The summed E-state index contributed by atoms with van der Waals surface area (Å²) in [5, 5.41) is 14.8. The maximum absolute atomic E-state index is 12.3. The molecule has 126 valence electrons. The van der Waals surface area contributed by atoms with Gasteiger partial charge in [-0.05, 0) is 32.0 Å². The Kier molecular flexibility index (Phi) is 6.72. The van der Waals surface area contributed by atoms with Crippen LogP contribution in [0.3, 0.4) is 0 Å². The molecule has 0 heterocycles. The average Bonchev–Trinajstić information content (AvgIpc) is 2.41. The fraction of sp³-hybridized carbons (Fsp3) is 0.333. The molecule has 23 heavy (non-hydrogen) atoms. The third-order valence-electron chi connectivity index (χ3n) is 3.01. The fourth-order valence-electron chi connectivity index (χ4n) is 1.65. The molecule has 0 unspecified atom stereocenters. The Labute approximate surface area is 144 Å². The van der Waals surface area contributed by atoms with E-state index in [1.165, 1.54) is 24.4 Å². The monoisotopic (exact) mass is 359 g/mol. The van der Waals surface area contributed by atoms with E-state index in [-0.39, 0.29) is 18.9 Å². The van der Waals surface area contributed by atoms with E-state index in [9.17, 15) is 9.59 Å². The molecule has 0 atom stereocenters. The van der Waals surface area contributed by atoms with Crippen molar-refractivity contribution in [1.82, 2.24) is 10.6 Å². The maximum Gasteiger partial charge on any atom is 0.305 e. The first-order valence-corrected chi connectivity index (χ1v) is 7.57. The van der Waals surface area contributed by atoms with Gasteiger partial charge >= 0.3 is 5.97 Å². The lowest BCUT2D eigenvalue weighted by Crippen LogP contribution is -2.47. The van der Waals surface area contributed by atoms with Gasteiger partial charge in [0.2, 0.25) is 0 Å². The molecule has 0 aliphatic heterocycles. The largest absolute Gasteiger partial charge is 0.481 e. The van der Waals surface area contributed by atoms with Gasteiger partial charge in [-0.2, -0.15) is 0 Å². The molecule has 1 aromatic rings. The Balaban J connectivity index is 2.74. The van der Waals surface area contributed by atoms with Gasteiger partial charge in [0.05, 0.1) is 12.0 Å². The number of hydrogen-bond acceptors (Lipinski definition) is 4. The highest BCUT2D eigenvalue weighted by Gasteiger charge is 2.24. The van der Waals surface area contributed by atoms with Gasteiger partial charge in [0.1, 0.15) is 0 Å². The van der Waals surface area contributed by atoms with E-state index in [1.54, 1.807) is 13.8 Å². The topological polar surface area (TPSA) is 104 Å². The zero-order chi connectivity index (χ0) is 17.6. The molecule has 0 fully saturated rings. The van der Waals surface area contributed by atoms with E-state index in [4.69, 9.17) is 34.0 Å². The molecule has 1 amide bonds. The molecule has 0 aliphatic carbocycles. The number of nitrogens with one attached hydrogen (secondary N) is 2. The van der Waals surface area contributed by atoms with Crippen molar-refractivity contribution in [1.29, 1.82) is 0 Å². The van der Waals surface area contributed by atoms with Gasteiger partial charge in [-0.3, -0.25) is 9.59 Å². The summed E-state index contributed by atoms with van der Waals surface area (Å²) < 4.78 is 0. The molecule has 0 radical (unpaired) electrons. The molecule has 8 heteroatoms. The zero-order valence-corrected chi connectivity index (χ0v) is 14.3. The SMILES string of the molecule is CC(C)(NC(=O)c1cc(Cl)cc(Cl)c1)/C(N)=C/NCCC(=O)O. The van der Waals surface area contributed by atoms with E-state index in [0.717, 1.165) is 0 Å². The Hall–Kier alpha value is -1.92. The number of nitrogens with two attached hydrogens (primary N) is 1. The summed E-state index contributed by atoms with van der Waals surface area (Å²) in [5.41, 5.74) is 5.77. The standard InChI is InChI=1S/C15H19Cl2N3O3/c1-15(2,12(18)8-19-4-3-13(21)22)20-14(23)9-5-10(16)7-11(17)6-9/h5-8,19H,3-4,18H2,1-2H3,(H,20,23)(H,21,22)/b12-8-. The van der Waals surface area contributed by atoms with Crippen LogP contribution in [0.15, 0.2) is 30.1 Å². The summed E-state index contributed by atoms with van der Waals surface area (Å²) in [6.45, 7) is 3.69. The van der Waals surface area contributed by atoms with Crippen LogP contribution in [0.2, 0.25) is 10.0 Å². The predicted molar refractivity (Wildman–Crippen MR) is 90.5 cm³/mol. The Morgan fingerprint density at radius 1 is 1.26 bits per heavy atom. The van der Waals surface area contributed by atoms with Crippen molar-refractivity contribution in [2.45, 2.75) is 25.8 Å². The molecule has 0 saturated heterocycles. The highest BCUT2D eigenvalue weighted by molar-refractivity contribution is 6.35. The van der Waals surface area contributed by atoms with Crippen LogP contribution in [-0.4, -0.2) is 29.1 Å². The normalized spacial score (nSPS) is 11.9. The summed E-state index contributed by atoms with van der Waals surface area (Å²) in [5.74, 6) is -1.28. The van der Waals surface area contributed by atoms with Crippen LogP contribution in [0.25, 0.3) is 0 Å². The lowest BCUT2D eigenvalue weighted by molar-refractivity contribution is -0.136. The van der Waals surface area contributed by atoms with E-state index in [2.05, 4.69) is 10.6 Å². The van der Waals surface area contributed by atoms with Gasteiger partial charge in [0, 0.05) is 34.1 Å². The molecular weight excluding hydrogens is 341 g/mol. The number of carbonyl (C=O) groups excluding carboxylic acids is 1. The molecule has 0 saturated carbocycles. The summed E-state index contributed by atoms with van der Waals surface area (Å²) in [7, 11) is 0. The summed E-state index contributed by atoms with van der Waals surface area (Å²) in [4.78, 5) is 22.7. The van der Waals surface area contributed by atoms with Crippen LogP contribution in [0.4, 0.5) is 0 Å². The highest BCUT2D eigenvalue weighted by atomic mass is 35.5. The lowest BCUT2D eigenvalue weighted by atomic mass is 10.0. The molecule has 6 nitrogen and oxygen atoms in total. The number of halogens is 2. The molecule has 1 rings (SSSR count). The van der Waals surface area contributed by atoms with E-state index < -0.39 is 11.5 Å². The Morgan fingerprint density at radius 2 is 1.83 bits per heavy atom. The highest BCUT2D eigenvalue weighted by Crippen LogP contribution is 2.20. The summed E-state index contributed by atoms with van der Waals surface area (Å²) >= 11 is 11.8. The number of carboxylic acid groups (broad SMARTS) is 1. The van der Waals surface area contributed by atoms with Crippen LogP contribution in [0.1, 0.15) is 30.6 Å². The van der Waals surface area contributed by atoms with Crippen LogP contribution in [0, 0.1) is 0 Å². The van der Waals surface area contributed by atoms with Gasteiger partial charge in [-0.25, -0.2) is 0 Å². The first kappa shape index (κ1) is 19.1. The zero-order valence-electron chi connectivity index (χ0n) is 12.8. The molecule has 0 bridgehead atoms. The molecular formula is C15H19Cl2N3O3. The van der Waals surface area contributed by atoms with Crippen molar-refractivity contribution >= 4 is 35.1 Å². The smallest absolute Gasteiger partial charge is 0.305 e. The number of carbonyl (C=O) groups is 2. The fourth-order valence-corrected chi connectivity index (χ4v) is 2.18. The summed E-state index contributed by atoms with van der Waals surface area (Å²) in [6, 6.07) is 4.54. The van der Waals surface area contributed by atoms with E-state index >= 15 is 0 Å². The number of rotatable bonds is 7. The second kappa shape index (κ2) is 8.08. The van der Waals surface area contributed by atoms with Gasteiger partial charge in [-0.1, -0.05) is 23.2 Å². The van der Waals surface area contributed by atoms with Crippen molar-refractivity contribution in [2.75, 3.05) is 6.54 Å². The second-order valence-corrected chi connectivity index (χ2v) is 6.31. The molecule has 0 spiro atoms. The number of hydrogen-bond donors (Lipinski definition) is 4. The maximum atomic E-state index is 12.3. The number of benzene rings is 1. The Bertz CT molecular complexity index is 610.